The SMILES string of the molecule is CCC(C#N)C(c1cc(OC)ccc1OC)N(C)C. The molecule has 2 unspecified atom stereocenters. The number of nitriles is 1. The summed E-state index contributed by atoms with van der Waals surface area (Å²) in [6.45, 7) is 2.02. The molecule has 0 amide bonds. The number of ether oxygens (including phenoxy) is 2. The van der Waals surface area contributed by atoms with Gasteiger partial charge in [-0.05, 0) is 38.7 Å². The van der Waals surface area contributed by atoms with Gasteiger partial charge < -0.3 is 14.4 Å². The van der Waals surface area contributed by atoms with Gasteiger partial charge in [-0.25, -0.2) is 0 Å². The molecular formula is C15H22N2O2. The molecule has 0 N–H and O–H groups in total. The van der Waals surface area contributed by atoms with Crippen molar-refractivity contribution in [1.29, 1.82) is 5.26 Å². The summed E-state index contributed by atoms with van der Waals surface area (Å²) in [5, 5.41) is 9.35. The maximum absolute atomic E-state index is 9.35. The summed E-state index contributed by atoms with van der Waals surface area (Å²) in [5.41, 5.74) is 0.986. The van der Waals surface area contributed by atoms with E-state index in [2.05, 4.69) is 11.0 Å². The van der Waals surface area contributed by atoms with Crippen molar-refractivity contribution in [3.05, 3.63) is 23.8 Å². The molecule has 19 heavy (non-hydrogen) atoms. The van der Waals surface area contributed by atoms with Crippen molar-refractivity contribution in [2.24, 2.45) is 5.92 Å². The van der Waals surface area contributed by atoms with Crippen molar-refractivity contribution in [3.8, 4) is 17.6 Å². The maximum Gasteiger partial charge on any atom is 0.123 e. The number of nitrogens with zero attached hydrogens (tertiary/aromatic N) is 2. The van der Waals surface area contributed by atoms with Crippen LogP contribution in [0.15, 0.2) is 18.2 Å². The summed E-state index contributed by atoms with van der Waals surface area (Å²) in [4.78, 5) is 2.05. The molecule has 0 radical (unpaired) electrons. The molecular weight excluding hydrogens is 240 g/mol. The molecule has 4 nitrogen and oxygen atoms in total. The van der Waals surface area contributed by atoms with E-state index >= 15 is 0 Å². The lowest BCUT2D eigenvalue weighted by Crippen LogP contribution is -2.27. The zero-order chi connectivity index (χ0) is 14.4. The van der Waals surface area contributed by atoms with Crippen molar-refractivity contribution in [2.75, 3.05) is 28.3 Å². The van der Waals surface area contributed by atoms with Crippen LogP contribution in [0.3, 0.4) is 0 Å². The van der Waals surface area contributed by atoms with Crippen LogP contribution in [0.1, 0.15) is 24.9 Å². The van der Waals surface area contributed by atoms with Gasteiger partial charge in [0, 0.05) is 5.56 Å². The van der Waals surface area contributed by atoms with Crippen LogP contribution in [0.4, 0.5) is 0 Å². The smallest absolute Gasteiger partial charge is 0.123 e. The molecule has 1 rings (SSSR count). The van der Waals surface area contributed by atoms with Crippen molar-refractivity contribution in [3.63, 3.8) is 0 Å². The van der Waals surface area contributed by atoms with Crippen LogP contribution in [0.25, 0.3) is 0 Å². The van der Waals surface area contributed by atoms with Gasteiger partial charge in [-0.2, -0.15) is 5.26 Å². The molecule has 4 heteroatoms. The first-order valence-corrected chi connectivity index (χ1v) is 6.37. The quantitative estimate of drug-likeness (QED) is 0.791. The first-order chi connectivity index (χ1) is 9.08. The zero-order valence-corrected chi connectivity index (χ0v) is 12.3. The Morgan fingerprint density at radius 2 is 1.95 bits per heavy atom. The van der Waals surface area contributed by atoms with Crippen LogP contribution in [-0.2, 0) is 0 Å². The van der Waals surface area contributed by atoms with Gasteiger partial charge in [0.15, 0.2) is 0 Å². The fourth-order valence-corrected chi connectivity index (χ4v) is 2.31. The van der Waals surface area contributed by atoms with E-state index in [1.54, 1.807) is 14.2 Å². The van der Waals surface area contributed by atoms with Crippen molar-refractivity contribution in [2.45, 2.75) is 19.4 Å². The Hall–Kier alpha value is -1.73. The average Bonchev–Trinajstić information content (AvgIpc) is 2.43. The Labute approximate surface area is 115 Å². The third-order valence-corrected chi connectivity index (χ3v) is 3.30. The highest BCUT2D eigenvalue weighted by molar-refractivity contribution is 5.43. The predicted octanol–water partition coefficient (Wildman–Crippen LogP) is 2.86. The van der Waals surface area contributed by atoms with Gasteiger partial charge in [-0.1, -0.05) is 6.92 Å². The largest absolute Gasteiger partial charge is 0.497 e. The summed E-state index contributed by atoms with van der Waals surface area (Å²) in [7, 11) is 7.23. The highest BCUT2D eigenvalue weighted by Crippen LogP contribution is 2.37. The minimum Gasteiger partial charge on any atom is -0.497 e. The average molecular weight is 262 g/mol. The van der Waals surface area contributed by atoms with Gasteiger partial charge in [0.05, 0.1) is 32.2 Å². The fraction of sp³-hybridized carbons (Fsp3) is 0.533. The molecule has 104 valence electrons. The molecule has 0 aliphatic carbocycles. The van der Waals surface area contributed by atoms with Crippen LogP contribution < -0.4 is 9.47 Å². The lowest BCUT2D eigenvalue weighted by Gasteiger charge is -2.29. The van der Waals surface area contributed by atoms with Gasteiger partial charge in [0.1, 0.15) is 11.5 Å². The van der Waals surface area contributed by atoms with E-state index in [9.17, 15) is 5.26 Å². The second-order valence-electron chi connectivity index (χ2n) is 4.66. The molecule has 0 aliphatic heterocycles. The van der Waals surface area contributed by atoms with Crippen LogP contribution >= 0.6 is 0 Å². The molecule has 0 heterocycles. The summed E-state index contributed by atoms with van der Waals surface area (Å²) >= 11 is 0. The van der Waals surface area contributed by atoms with Crippen molar-refractivity contribution < 1.29 is 9.47 Å². The lowest BCUT2D eigenvalue weighted by molar-refractivity contribution is 0.234. The van der Waals surface area contributed by atoms with Crippen molar-refractivity contribution in [1.82, 2.24) is 4.90 Å². The summed E-state index contributed by atoms with van der Waals surface area (Å²) in [6, 6.07) is 8.06. The predicted molar refractivity (Wildman–Crippen MR) is 75.4 cm³/mol. The van der Waals surface area contributed by atoms with E-state index < -0.39 is 0 Å². The summed E-state index contributed by atoms with van der Waals surface area (Å²) in [5.74, 6) is 1.47. The Kier molecular flexibility index (Phi) is 5.65. The van der Waals surface area contributed by atoms with Crippen LogP contribution in [0.2, 0.25) is 0 Å². The molecule has 0 aliphatic rings. The topological polar surface area (TPSA) is 45.5 Å². The molecule has 1 aromatic carbocycles. The molecule has 0 fully saturated rings. The minimum atomic E-state index is -0.0870. The molecule has 0 saturated carbocycles. The maximum atomic E-state index is 9.35. The second-order valence-corrected chi connectivity index (χ2v) is 4.66. The Morgan fingerprint density at radius 3 is 2.37 bits per heavy atom. The molecule has 0 spiro atoms. The second kappa shape index (κ2) is 7.01. The Balaban J connectivity index is 3.32. The molecule has 0 saturated heterocycles. The van der Waals surface area contributed by atoms with Crippen molar-refractivity contribution >= 4 is 0 Å². The van der Waals surface area contributed by atoms with E-state index in [-0.39, 0.29) is 12.0 Å². The number of methoxy groups -OCH3 is 2. The standard InChI is InChI=1S/C15H22N2O2/c1-6-11(10-16)15(17(2)3)13-9-12(18-4)7-8-14(13)19-5/h7-9,11,15H,6H2,1-5H3. The van der Waals surface area contributed by atoms with E-state index in [0.29, 0.717) is 0 Å². The van der Waals surface area contributed by atoms with Gasteiger partial charge in [0.2, 0.25) is 0 Å². The first kappa shape index (κ1) is 15.3. The number of hydrogen-bond acceptors (Lipinski definition) is 4. The molecule has 0 aromatic heterocycles. The molecule has 1 aromatic rings. The number of hydrogen-bond donors (Lipinski definition) is 0. The van der Waals surface area contributed by atoms with Crippen LogP contribution in [0, 0.1) is 17.2 Å². The monoisotopic (exact) mass is 262 g/mol. The summed E-state index contributed by atoms with van der Waals surface area (Å²) < 4.78 is 10.7. The van der Waals surface area contributed by atoms with E-state index in [1.165, 1.54) is 0 Å². The highest BCUT2D eigenvalue weighted by Gasteiger charge is 2.27. The molecule has 2 atom stereocenters. The zero-order valence-electron chi connectivity index (χ0n) is 12.3. The van der Waals surface area contributed by atoms with E-state index in [0.717, 1.165) is 23.5 Å². The third kappa shape index (κ3) is 3.39. The van der Waals surface area contributed by atoms with Gasteiger partial charge >= 0.3 is 0 Å². The van der Waals surface area contributed by atoms with Crippen LogP contribution in [-0.4, -0.2) is 33.2 Å². The van der Waals surface area contributed by atoms with E-state index in [4.69, 9.17) is 9.47 Å². The fourth-order valence-electron chi connectivity index (χ4n) is 2.31. The third-order valence-electron chi connectivity index (χ3n) is 3.30. The molecule has 0 bridgehead atoms. The summed E-state index contributed by atoms with van der Waals surface area (Å²) in [6.07, 6.45) is 0.791. The highest BCUT2D eigenvalue weighted by atomic mass is 16.5. The van der Waals surface area contributed by atoms with Gasteiger partial charge in [-0.15, -0.1) is 0 Å². The van der Waals surface area contributed by atoms with Gasteiger partial charge in [0.25, 0.3) is 0 Å². The van der Waals surface area contributed by atoms with Crippen LogP contribution in [0.5, 0.6) is 11.5 Å². The van der Waals surface area contributed by atoms with Gasteiger partial charge in [-0.3, -0.25) is 0 Å². The van der Waals surface area contributed by atoms with E-state index in [1.807, 2.05) is 39.2 Å². The Morgan fingerprint density at radius 1 is 1.26 bits per heavy atom. The lowest BCUT2D eigenvalue weighted by atomic mass is 9.90. The number of rotatable bonds is 6. The first-order valence-electron chi connectivity index (χ1n) is 6.37. The Bertz CT molecular complexity index is 452. The minimum absolute atomic E-state index is 0.0138. The normalized spacial score (nSPS) is 13.7. The number of benzene rings is 1.